The summed E-state index contributed by atoms with van der Waals surface area (Å²) in [5.74, 6) is -0.990. The van der Waals surface area contributed by atoms with Gasteiger partial charge in [0.2, 0.25) is 5.91 Å². The lowest BCUT2D eigenvalue weighted by atomic mass is 9.93. The van der Waals surface area contributed by atoms with Crippen molar-refractivity contribution < 1.29 is 49.0 Å². The van der Waals surface area contributed by atoms with Crippen molar-refractivity contribution in [3.05, 3.63) is 89.2 Å². The fraction of sp³-hybridized carbons (Fsp3) is 0.357. The number of carbonyl (C=O) groups excluding carboxylic acids is 1. The summed E-state index contributed by atoms with van der Waals surface area (Å²) >= 11 is 0. The Bertz CT molecular complexity index is 1410. The third-order valence-electron chi connectivity index (χ3n) is 6.76. The molecule has 1 fully saturated rings. The van der Waals surface area contributed by atoms with Crippen LogP contribution in [0.3, 0.4) is 0 Å². The number of hydrogen-bond acceptors (Lipinski definition) is 4. The average Bonchev–Trinajstić information content (AvgIpc) is 3.23. The smallest absolute Gasteiger partial charge is 0.431 e. The fourth-order valence-electron chi connectivity index (χ4n) is 4.71. The highest BCUT2D eigenvalue weighted by Gasteiger charge is 2.44. The van der Waals surface area contributed by atoms with E-state index in [0.29, 0.717) is 5.56 Å². The molecule has 2 aromatic carbocycles. The van der Waals surface area contributed by atoms with E-state index in [9.17, 15) is 44.3 Å². The van der Waals surface area contributed by atoms with Crippen molar-refractivity contribution in [2.24, 2.45) is 0 Å². The number of ether oxygens (including phenoxy) is 1. The molecule has 14 heteroatoms. The highest BCUT2D eigenvalue weighted by Crippen LogP contribution is 2.41. The molecule has 0 spiro atoms. The highest BCUT2D eigenvalue weighted by molar-refractivity contribution is 6.00. The van der Waals surface area contributed by atoms with Crippen molar-refractivity contribution in [3.8, 4) is 5.75 Å². The topological polar surface area (TPSA) is 54.5 Å². The Hall–Kier alpha value is -3.81. The van der Waals surface area contributed by atoms with Gasteiger partial charge < -0.3 is 9.64 Å². The molecule has 1 aromatic heterocycles. The second kappa shape index (κ2) is 11.1. The molecule has 2 atom stereocenters. The van der Waals surface area contributed by atoms with Gasteiger partial charge in [-0.25, -0.2) is 4.39 Å². The third kappa shape index (κ3) is 6.80. The number of nitrogens with zero attached hydrogens (tertiary/aromatic N) is 2. The zero-order valence-electron chi connectivity index (χ0n) is 22.0. The summed E-state index contributed by atoms with van der Waals surface area (Å²) in [7, 11) is 0. The molecule has 226 valence electrons. The van der Waals surface area contributed by atoms with Crippen molar-refractivity contribution >= 4 is 11.6 Å². The van der Waals surface area contributed by atoms with Gasteiger partial charge in [0.15, 0.2) is 6.67 Å². The standard InChI is InChI=1S/C28H24F9N3O2/c1-25(2,18-8-11-23(38-14-18)28(35,36)37)39-21-13-22(16-4-3-5-20(12-16)42-26(30,31)15-29)40(24(21)41)19-9-6-17(7-10-19)27(32,33)34/h3-12,14,21-22,39H,13,15H2,1-2H3/t21-,22-/m1/s1. The molecule has 5 nitrogen and oxygen atoms in total. The van der Waals surface area contributed by atoms with Crippen LogP contribution in [0.2, 0.25) is 0 Å². The Labute approximate surface area is 234 Å². The number of alkyl halides is 9. The lowest BCUT2D eigenvalue weighted by Gasteiger charge is -2.30. The molecule has 0 radical (unpaired) electrons. The minimum atomic E-state index is -4.65. The lowest BCUT2D eigenvalue weighted by Crippen LogP contribution is -2.47. The number of benzene rings is 2. The molecule has 3 aromatic rings. The summed E-state index contributed by atoms with van der Waals surface area (Å²) < 4.78 is 123. The van der Waals surface area contributed by atoms with Gasteiger partial charge in [0.05, 0.1) is 17.6 Å². The van der Waals surface area contributed by atoms with E-state index in [-0.39, 0.29) is 17.7 Å². The van der Waals surface area contributed by atoms with Crippen molar-refractivity contribution in [3.63, 3.8) is 0 Å². The number of amides is 1. The monoisotopic (exact) mass is 605 g/mol. The van der Waals surface area contributed by atoms with Crippen LogP contribution in [0.15, 0.2) is 66.9 Å². The molecule has 0 bridgehead atoms. The number of rotatable bonds is 8. The van der Waals surface area contributed by atoms with Gasteiger partial charge >= 0.3 is 18.5 Å². The van der Waals surface area contributed by atoms with Crippen LogP contribution in [0.5, 0.6) is 5.75 Å². The number of aromatic nitrogens is 1. The van der Waals surface area contributed by atoms with E-state index in [1.807, 2.05) is 0 Å². The van der Waals surface area contributed by atoms with E-state index in [2.05, 4.69) is 15.0 Å². The molecule has 0 saturated carbocycles. The Balaban J connectivity index is 1.68. The maximum atomic E-state index is 13.7. The van der Waals surface area contributed by atoms with Gasteiger partial charge in [-0.1, -0.05) is 18.2 Å². The first-order valence-electron chi connectivity index (χ1n) is 12.5. The van der Waals surface area contributed by atoms with Crippen molar-refractivity contribution in [1.82, 2.24) is 10.3 Å². The number of pyridine rings is 1. The predicted octanol–water partition coefficient (Wildman–Crippen LogP) is 7.43. The third-order valence-corrected chi connectivity index (χ3v) is 6.76. The van der Waals surface area contributed by atoms with Gasteiger partial charge in [0.25, 0.3) is 0 Å². The first-order valence-corrected chi connectivity index (χ1v) is 12.5. The van der Waals surface area contributed by atoms with E-state index in [1.54, 1.807) is 13.8 Å². The SMILES string of the molecule is CC(C)(N[C@@H]1C[C@H](c2cccc(OC(F)(F)CF)c2)N(c2ccc(C(F)(F)F)cc2)C1=O)c1ccc(C(F)(F)F)nc1. The van der Waals surface area contributed by atoms with E-state index in [4.69, 9.17) is 0 Å². The van der Waals surface area contributed by atoms with Crippen LogP contribution in [0.4, 0.5) is 45.2 Å². The van der Waals surface area contributed by atoms with Gasteiger partial charge in [-0.15, -0.1) is 0 Å². The molecule has 1 saturated heterocycles. The lowest BCUT2D eigenvalue weighted by molar-refractivity contribution is -0.186. The molecular weight excluding hydrogens is 581 g/mol. The van der Waals surface area contributed by atoms with Crippen molar-refractivity contribution in [1.29, 1.82) is 0 Å². The maximum absolute atomic E-state index is 13.7. The second-order valence-corrected chi connectivity index (χ2v) is 10.2. The molecule has 1 aliphatic rings. The summed E-state index contributed by atoms with van der Waals surface area (Å²) in [6.07, 6.45) is -12.4. The van der Waals surface area contributed by atoms with Gasteiger partial charge in [0, 0.05) is 17.4 Å². The summed E-state index contributed by atoms with van der Waals surface area (Å²) in [6.45, 7) is 1.12. The molecular formula is C28H24F9N3O2. The van der Waals surface area contributed by atoms with Gasteiger partial charge in [-0.05, 0) is 73.9 Å². The van der Waals surface area contributed by atoms with Crippen LogP contribution < -0.4 is 15.0 Å². The molecule has 1 aliphatic heterocycles. The highest BCUT2D eigenvalue weighted by atomic mass is 19.4. The zero-order chi connectivity index (χ0) is 31.1. The molecule has 42 heavy (non-hydrogen) atoms. The summed E-state index contributed by atoms with van der Waals surface area (Å²) in [5, 5.41) is 3.08. The molecule has 2 heterocycles. The normalized spacial score (nSPS) is 18.5. The predicted molar refractivity (Wildman–Crippen MR) is 133 cm³/mol. The second-order valence-electron chi connectivity index (χ2n) is 10.2. The number of carbonyl (C=O) groups is 1. The number of nitrogens with one attached hydrogen (secondary N) is 1. The molecule has 4 rings (SSSR count). The minimum Gasteiger partial charge on any atom is -0.431 e. The first-order chi connectivity index (χ1) is 19.4. The number of anilines is 1. The average molecular weight is 606 g/mol. The van der Waals surface area contributed by atoms with E-state index < -0.39 is 65.7 Å². The van der Waals surface area contributed by atoms with Crippen LogP contribution in [-0.4, -0.2) is 29.7 Å². The molecule has 0 aliphatic carbocycles. The maximum Gasteiger partial charge on any atom is 0.433 e. The molecule has 1 N–H and O–H groups in total. The quantitative estimate of drug-likeness (QED) is 0.272. The summed E-state index contributed by atoms with van der Waals surface area (Å²) in [6, 6.07) is 9.04. The Kier molecular flexibility index (Phi) is 8.24. The van der Waals surface area contributed by atoms with Crippen LogP contribution in [0.1, 0.15) is 48.7 Å². The van der Waals surface area contributed by atoms with Crippen molar-refractivity contribution in [2.45, 2.75) is 56.4 Å². The zero-order valence-corrected chi connectivity index (χ0v) is 22.0. The van der Waals surface area contributed by atoms with Gasteiger partial charge in [0.1, 0.15) is 11.4 Å². The van der Waals surface area contributed by atoms with Gasteiger partial charge in [-0.2, -0.15) is 35.1 Å². The number of halogens is 9. The van der Waals surface area contributed by atoms with Crippen LogP contribution in [0.25, 0.3) is 0 Å². The summed E-state index contributed by atoms with van der Waals surface area (Å²) in [5.41, 5.74) is -2.49. The van der Waals surface area contributed by atoms with Crippen molar-refractivity contribution in [2.75, 3.05) is 11.6 Å². The molecule has 1 amide bonds. The molecule has 0 unspecified atom stereocenters. The van der Waals surface area contributed by atoms with E-state index in [0.717, 1.165) is 42.6 Å². The van der Waals surface area contributed by atoms with E-state index in [1.165, 1.54) is 29.2 Å². The van der Waals surface area contributed by atoms with Gasteiger partial charge in [-0.3, -0.25) is 15.1 Å². The van der Waals surface area contributed by atoms with E-state index >= 15 is 0 Å². The van der Waals surface area contributed by atoms with Crippen LogP contribution >= 0.6 is 0 Å². The fourth-order valence-corrected chi connectivity index (χ4v) is 4.71. The Morgan fingerprint density at radius 2 is 1.55 bits per heavy atom. The first kappa shape index (κ1) is 31.1. The minimum absolute atomic E-state index is 0.0136. The van der Waals surface area contributed by atoms with Crippen LogP contribution in [0, 0.1) is 0 Å². The number of hydrogen-bond donors (Lipinski definition) is 1. The summed E-state index contributed by atoms with van der Waals surface area (Å²) in [4.78, 5) is 18.4. The van der Waals surface area contributed by atoms with Crippen LogP contribution in [-0.2, 0) is 22.7 Å². The Morgan fingerprint density at radius 1 is 0.905 bits per heavy atom. The Morgan fingerprint density at radius 3 is 2.10 bits per heavy atom. The largest absolute Gasteiger partial charge is 0.433 e.